The second kappa shape index (κ2) is 8.28. The van der Waals surface area contributed by atoms with Crippen LogP contribution >= 0.6 is 0 Å². The van der Waals surface area contributed by atoms with Gasteiger partial charge in [-0.2, -0.15) is 0 Å². The Morgan fingerprint density at radius 1 is 1.32 bits per heavy atom. The Morgan fingerprint density at radius 2 is 2.05 bits per heavy atom. The van der Waals surface area contributed by atoms with E-state index in [4.69, 9.17) is 0 Å². The van der Waals surface area contributed by atoms with Crippen molar-refractivity contribution in [2.24, 2.45) is 11.8 Å². The van der Waals surface area contributed by atoms with E-state index in [1.165, 1.54) is 6.07 Å². The lowest BCUT2D eigenvalue weighted by Crippen LogP contribution is -2.35. The largest absolute Gasteiger partial charge is 0.319 e. The molecule has 19 heavy (non-hydrogen) atoms. The second-order valence-electron chi connectivity index (χ2n) is 5.70. The van der Waals surface area contributed by atoms with Crippen LogP contribution in [0.2, 0.25) is 0 Å². The summed E-state index contributed by atoms with van der Waals surface area (Å²) in [5, 5.41) is 3.26. The van der Waals surface area contributed by atoms with Crippen molar-refractivity contribution in [1.82, 2.24) is 10.2 Å². The normalized spacial score (nSPS) is 13.2. The highest BCUT2D eigenvalue weighted by Gasteiger charge is 2.14. The van der Waals surface area contributed by atoms with Crippen molar-refractivity contribution in [2.45, 2.75) is 20.3 Å². The number of hydrogen-bond acceptors (Lipinski definition) is 2. The molecule has 0 fully saturated rings. The first-order chi connectivity index (χ1) is 9.02. The van der Waals surface area contributed by atoms with Crippen molar-refractivity contribution in [3.8, 4) is 0 Å². The SMILES string of the molecule is CNCC(CN(C)CCc1cccc(F)c1)C(C)C. The van der Waals surface area contributed by atoms with Gasteiger partial charge in [-0.05, 0) is 56.6 Å². The monoisotopic (exact) mass is 266 g/mol. The van der Waals surface area contributed by atoms with E-state index in [1.54, 1.807) is 12.1 Å². The molecule has 0 saturated carbocycles. The molecule has 0 aliphatic carbocycles. The Morgan fingerprint density at radius 3 is 2.63 bits per heavy atom. The lowest BCUT2D eigenvalue weighted by molar-refractivity contribution is 0.235. The molecular weight excluding hydrogens is 239 g/mol. The molecule has 2 nitrogen and oxygen atoms in total. The molecule has 1 rings (SSSR count). The molecule has 0 bridgehead atoms. The quantitative estimate of drug-likeness (QED) is 0.778. The van der Waals surface area contributed by atoms with Gasteiger partial charge in [-0.3, -0.25) is 0 Å². The van der Waals surface area contributed by atoms with Crippen LogP contribution < -0.4 is 5.32 Å². The van der Waals surface area contributed by atoms with Crippen LogP contribution in [0.25, 0.3) is 0 Å². The molecule has 0 saturated heterocycles. The molecule has 1 unspecified atom stereocenters. The third-order valence-corrected chi connectivity index (χ3v) is 3.63. The topological polar surface area (TPSA) is 15.3 Å². The van der Waals surface area contributed by atoms with Gasteiger partial charge < -0.3 is 10.2 Å². The second-order valence-corrected chi connectivity index (χ2v) is 5.70. The van der Waals surface area contributed by atoms with E-state index < -0.39 is 0 Å². The molecule has 0 aliphatic rings. The predicted octanol–water partition coefficient (Wildman–Crippen LogP) is 2.79. The first kappa shape index (κ1) is 16.1. The van der Waals surface area contributed by atoms with Crippen LogP contribution in [-0.4, -0.2) is 38.6 Å². The molecule has 3 heteroatoms. The van der Waals surface area contributed by atoms with Gasteiger partial charge in [-0.25, -0.2) is 4.39 Å². The van der Waals surface area contributed by atoms with Crippen molar-refractivity contribution in [2.75, 3.05) is 33.7 Å². The lowest BCUT2D eigenvalue weighted by atomic mass is 9.95. The highest BCUT2D eigenvalue weighted by Crippen LogP contribution is 2.12. The maximum atomic E-state index is 13.1. The molecule has 1 aromatic rings. The summed E-state index contributed by atoms with van der Waals surface area (Å²) < 4.78 is 13.1. The third kappa shape index (κ3) is 6.17. The first-order valence-corrected chi connectivity index (χ1v) is 7.10. The number of hydrogen-bond donors (Lipinski definition) is 1. The Hall–Kier alpha value is -0.930. The summed E-state index contributed by atoms with van der Waals surface area (Å²) in [5.74, 6) is 1.18. The van der Waals surface area contributed by atoms with Crippen LogP contribution in [0.3, 0.4) is 0 Å². The van der Waals surface area contributed by atoms with Crippen molar-refractivity contribution >= 4 is 0 Å². The summed E-state index contributed by atoms with van der Waals surface area (Å²) in [6.07, 6.45) is 0.901. The highest BCUT2D eigenvalue weighted by molar-refractivity contribution is 5.16. The molecule has 1 atom stereocenters. The van der Waals surface area contributed by atoms with E-state index >= 15 is 0 Å². The third-order valence-electron chi connectivity index (χ3n) is 3.63. The van der Waals surface area contributed by atoms with Gasteiger partial charge in [0, 0.05) is 13.1 Å². The molecule has 0 radical (unpaired) electrons. The zero-order valence-corrected chi connectivity index (χ0v) is 12.6. The lowest BCUT2D eigenvalue weighted by Gasteiger charge is -2.26. The molecular formula is C16H27FN2. The van der Waals surface area contributed by atoms with Crippen molar-refractivity contribution in [1.29, 1.82) is 0 Å². The molecule has 1 N–H and O–H groups in total. The summed E-state index contributed by atoms with van der Waals surface area (Å²) >= 11 is 0. The number of nitrogens with one attached hydrogen (secondary N) is 1. The number of halogens is 1. The molecule has 0 heterocycles. The van der Waals surface area contributed by atoms with Crippen LogP contribution in [0.4, 0.5) is 4.39 Å². The van der Waals surface area contributed by atoms with Gasteiger partial charge in [0.05, 0.1) is 0 Å². The van der Waals surface area contributed by atoms with Gasteiger partial charge in [0.1, 0.15) is 5.82 Å². The number of nitrogens with zero attached hydrogens (tertiary/aromatic N) is 1. The maximum Gasteiger partial charge on any atom is 0.123 e. The van der Waals surface area contributed by atoms with Crippen LogP contribution in [0, 0.1) is 17.7 Å². The summed E-state index contributed by atoms with van der Waals surface area (Å²) in [6, 6.07) is 6.89. The zero-order valence-electron chi connectivity index (χ0n) is 12.6. The standard InChI is InChI=1S/C16H27FN2/c1-13(2)15(11-18-3)12-19(4)9-8-14-6-5-7-16(17)10-14/h5-7,10,13,15,18H,8-9,11-12H2,1-4H3. The van der Waals surface area contributed by atoms with Gasteiger partial charge >= 0.3 is 0 Å². The number of likely N-dealkylation sites (N-methyl/N-ethyl adjacent to an activating group) is 1. The Bertz CT molecular complexity index is 366. The molecule has 0 amide bonds. The van der Waals surface area contributed by atoms with Crippen LogP contribution in [0.15, 0.2) is 24.3 Å². The van der Waals surface area contributed by atoms with E-state index in [1.807, 2.05) is 13.1 Å². The van der Waals surface area contributed by atoms with Gasteiger partial charge in [-0.1, -0.05) is 26.0 Å². The fourth-order valence-corrected chi connectivity index (χ4v) is 2.28. The molecule has 1 aromatic carbocycles. The number of rotatable bonds is 8. The predicted molar refractivity (Wildman–Crippen MR) is 79.9 cm³/mol. The number of benzene rings is 1. The Labute approximate surface area is 117 Å². The van der Waals surface area contributed by atoms with Crippen LogP contribution in [0.1, 0.15) is 19.4 Å². The summed E-state index contributed by atoms with van der Waals surface area (Å²) in [5.41, 5.74) is 1.07. The summed E-state index contributed by atoms with van der Waals surface area (Å²) in [4.78, 5) is 2.34. The first-order valence-electron chi connectivity index (χ1n) is 7.10. The van der Waals surface area contributed by atoms with Gasteiger partial charge in [0.2, 0.25) is 0 Å². The van der Waals surface area contributed by atoms with Gasteiger partial charge in [0.25, 0.3) is 0 Å². The Kier molecular flexibility index (Phi) is 7.03. The maximum absolute atomic E-state index is 13.1. The minimum Gasteiger partial charge on any atom is -0.319 e. The average molecular weight is 266 g/mol. The molecule has 0 aliphatic heterocycles. The van der Waals surface area contributed by atoms with E-state index in [0.29, 0.717) is 11.8 Å². The van der Waals surface area contributed by atoms with Crippen LogP contribution in [-0.2, 0) is 6.42 Å². The zero-order chi connectivity index (χ0) is 14.3. The van der Waals surface area contributed by atoms with Crippen LogP contribution in [0.5, 0.6) is 0 Å². The van der Waals surface area contributed by atoms with E-state index in [9.17, 15) is 4.39 Å². The van der Waals surface area contributed by atoms with Gasteiger partial charge in [-0.15, -0.1) is 0 Å². The van der Waals surface area contributed by atoms with Crippen molar-refractivity contribution in [3.63, 3.8) is 0 Å². The van der Waals surface area contributed by atoms with Crippen molar-refractivity contribution in [3.05, 3.63) is 35.6 Å². The fourth-order valence-electron chi connectivity index (χ4n) is 2.28. The van der Waals surface area contributed by atoms with E-state index in [2.05, 4.69) is 31.1 Å². The molecule has 0 aromatic heterocycles. The average Bonchev–Trinajstić information content (AvgIpc) is 2.36. The molecule has 0 spiro atoms. The molecule has 108 valence electrons. The highest BCUT2D eigenvalue weighted by atomic mass is 19.1. The van der Waals surface area contributed by atoms with Crippen molar-refractivity contribution < 1.29 is 4.39 Å². The summed E-state index contributed by atoms with van der Waals surface area (Å²) in [7, 11) is 4.15. The smallest absolute Gasteiger partial charge is 0.123 e. The minimum atomic E-state index is -0.143. The van der Waals surface area contributed by atoms with Gasteiger partial charge in [0.15, 0.2) is 0 Å². The minimum absolute atomic E-state index is 0.143. The Balaban J connectivity index is 2.40. The van der Waals surface area contributed by atoms with E-state index in [-0.39, 0.29) is 5.82 Å². The van der Waals surface area contributed by atoms with E-state index in [0.717, 1.165) is 31.6 Å². The fraction of sp³-hybridized carbons (Fsp3) is 0.625. The summed E-state index contributed by atoms with van der Waals surface area (Å²) in [6.45, 7) is 7.62.